The third-order valence-corrected chi connectivity index (χ3v) is 9.81. The molecule has 0 spiro atoms. The van der Waals surface area contributed by atoms with Gasteiger partial charge in [-0.05, 0) is 52.6 Å². The van der Waals surface area contributed by atoms with Crippen LogP contribution in [0, 0.1) is 17.9 Å². The van der Waals surface area contributed by atoms with E-state index in [2.05, 4.69) is 55.0 Å². The molecule has 0 amide bonds. The van der Waals surface area contributed by atoms with Crippen molar-refractivity contribution in [3.8, 4) is 11.3 Å². The predicted molar refractivity (Wildman–Crippen MR) is 204 cm³/mol. The van der Waals surface area contributed by atoms with Crippen LogP contribution in [-0.2, 0) is 36.5 Å². The Morgan fingerprint density at radius 1 is 0.769 bits per heavy atom. The summed E-state index contributed by atoms with van der Waals surface area (Å²) in [6.45, 7) is 14.5. The Bertz CT molecular complexity index is 2230. The summed E-state index contributed by atoms with van der Waals surface area (Å²) in [5, 5.41) is 14.9. The van der Waals surface area contributed by atoms with Gasteiger partial charge in [0, 0.05) is 43.7 Å². The van der Waals surface area contributed by atoms with Gasteiger partial charge in [-0.1, -0.05) is 125 Å². The normalized spacial score (nSPS) is 12.4. The molecule has 1 N–H and O–H groups in total. The zero-order valence-corrected chi connectivity index (χ0v) is 33.2. The van der Waals surface area contributed by atoms with Crippen molar-refractivity contribution in [1.29, 1.82) is 0 Å². The van der Waals surface area contributed by atoms with Crippen LogP contribution in [0.5, 0.6) is 0 Å². The molecule has 0 aliphatic carbocycles. The van der Waals surface area contributed by atoms with Gasteiger partial charge in [-0.15, -0.1) is 29.1 Å². The van der Waals surface area contributed by atoms with Gasteiger partial charge in [0.1, 0.15) is 6.33 Å². The van der Waals surface area contributed by atoms with Crippen molar-refractivity contribution in [3.05, 3.63) is 108 Å². The molecule has 0 fully saturated rings. The standard InChI is InChI=1S/C31H22F3N2.C13H24O2.Ir/c1-30(2,3)26-16-22(13-21-12-18-8-4-5-9-19(18)14-24(21)26)28-25-15-20-10-6-7-11-23(20)27(31(32,33)34)29(25)36-17-35-28;1-5-10(6-2)12(14)9-13(15)11(7-3)8-4;/h4-12,14-17H,1-3H3;9-11,14H,5-8H2,1-4H3;/q-1;;/b;12-9-;. The fourth-order valence-corrected chi connectivity index (χ4v) is 6.86. The number of aliphatic hydroxyl groups excluding tert-OH is 1. The SMILES string of the molecule is CC(C)(C)c1cc(-c2ncnc3c(C(F)(F)F)c4ccccc4cc23)[c-]c2cc3ccccc3cc12.CCC(CC)C(=O)/C=C(\O)C(CC)CC.[Ir]. The van der Waals surface area contributed by atoms with E-state index in [0.29, 0.717) is 22.0 Å². The van der Waals surface area contributed by atoms with E-state index in [4.69, 9.17) is 0 Å². The maximum absolute atomic E-state index is 14.3. The van der Waals surface area contributed by atoms with Gasteiger partial charge in [0.05, 0.1) is 16.8 Å². The molecule has 6 aromatic rings. The quantitative estimate of drug-likeness (QED) is 0.0716. The second-order valence-electron chi connectivity index (χ2n) is 14.2. The van der Waals surface area contributed by atoms with Crippen LogP contribution in [0.3, 0.4) is 0 Å². The molecule has 4 nitrogen and oxygen atoms in total. The van der Waals surface area contributed by atoms with Crippen molar-refractivity contribution < 1.29 is 43.2 Å². The summed E-state index contributed by atoms with van der Waals surface area (Å²) in [6, 6.07) is 26.2. The second-order valence-corrected chi connectivity index (χ2v) is 14.2. The molecule has 1 radical (unpaired) electrons. The molecule has 6 rings (SSSR count). The molecule has 275 valence electrons. The van der Waals surface area contributed by atoms with Gasteiger partial charge in [0.15, 0.2) is 5.78 Å². The van der Waals surface area contributed by atoms with Crippen LogP contribution < -0.4 is 0 Å². The van der Waals surface area contributed by atoms with E-state index in [1.165, 1.54) is 18.5 Å². The van der Waals surface area contributed by atoms with Crippen LogP contribution in [0.1, 0.15) is 85.3 Å². The Labute approximate surface area is 317 Å². The summed E-state index contributed by atoms with van der Waals surface area (Å²) < 4.78 is 42.9. The summed E-state index contributed by atoms with van der Waals surface area (Å²) in [7, 11) is 0. The van der Waals surface area contributed by atoms with Crippen LogP contribution in [0.25, 0.3) is 54.5 Å². The molecule has 0 unspecified atom stereocenters. The van der Waals surface area contributed by atoms with Crippen LogP contribution in [-0.4, -0.2) is 20.9 Å². The fraction of sp³-hybridized carbons (Fsp3) is 0.341. The first kappa shape index (κ1) is 40.6. The Kier molecular flexibility index (Phi) is 13.0. The molecule has 5 aromatic carbocycles. The van der Waals surface area contributed by atoms with Crippen molar-refractivity contribution in [3.63, 3.8) is 0 Å². The molecule has 0 bridgehead atoms. The number of alkyl halides is 3. The first-order valence-electron chi connectivity index (χ1n) is 17.8. The molecule has 1 heterocycles. The molecule has 0 aliphatic rings. The fourth-order valence-electron chi connectivity index (χ4n) is 6.86. The van der Waals surface area contributed by atoms with Crippen LogP contribution in [0.15, 0.2) is 91.0 Å². The summed E-state index contributed by atoms with van der Waals surface area (Å²) in [5.74, 6) is 0.547. The number of hydrogen-bond donors (Lipinski definition) is 1. The molecule has 8 heteroatoms. The molecule has 0 saturated carbocycles. The van der Waals surface area contributed by atoms with Gasteiger partial charge in [-0.2, -0.15) is 13.2 Å². The summed E-state index contributed by atoms with van der Waals surface area (Å²) in [4.78, 5) is 20.3. The monoisotopic (exact) mass is 884 g/mol. The third-order valence-electron chi connectivity index (χ3n) is 9.81. The summed E-state index contributed by atoms with van der Waals surface area (Å²) in [5.41, 5.74) is 1.13. The number of halogens is 3. The molecular formula is C44H46F3IrN2O2-. The van der Waals surface area contributed by atoms with Crippen molar-refractivity contribution >= 4 is 49.0 Å². The number of nitrogens with zero attached hydrogens (tertiary/aromatic N) is 2. The Hall–Kier alpha value is -4.13. The van der Waals surface area contributed by atoms with Gasteiger partial charge >= 0.3 is 6.18 Å². The van der Waals surface area contributed by atoms with Gasteiger partial charge in [-0.25, -0.2) is 4.98 Å². The molecule has 0 atom stereocenters. The number of carbonyl (C=O) groups excluding carboxylic acids is 1. The molecule has 0 aliphatic heterocycles. The van der Waals surface area contributed by atoms with Crippen LogP contribution in [0.2, 0.25) is 0 Å². The Morgan fingerprint density at radius 2 is 1.33 bits per heavy atom. The largest absolute Gasteiger partial charge is 0.512 e. The number of rotatable bonds is 8. The summed E-state index contributed by atoms with van der Waals surface area (Å²) in [6.07, 6.45) is 1.56. The number of ketones is 1. The zero-order valence-electron chi connectivity index (χ0n) is 30.8. The average Bonchev–Trinajstić information content (AvgIpc) is 3.09. The maximum atomic E-state index is 14.3. The molecule has 52 heavy (non-hydrogen) atoms. The third kappa shape index (κ3) is 8.56. The summed E-state index contributed by atoms with van der Waals surface area (Å²) >= 11 is 0. The number of fused-ring (bicyclic) bond motifs is 4. The minimum Gasteiger partial charge on any atom is -0.512 e. The molecule has 1 aromatic heterocycles. The first-order valence-corrected chi connectivity index (χ1v) is 17.8. The number of allylic oxidation sites excluding steroid dienone is 2. The Morgan fingerprint density at radius 3 is 1.90 bits per heavy atom. The van der Waals surface area contributed by atoms with E-state index in [-0.39, 0.29) is 59.8 Å². The minimum atomic E-state index is -4.56. The number of hydrogen-bond acceptors (Lipinski definition) is 4. The van der Waals surface area contributed by atoms with Crippen molar-refractivity contribution in [1.82, 2.24) is 9.97 Å². The number of aliphatic hydroxyl groups is 1. The maximum Gasteiger partial charge on any atom is 0.419 e. The zero-order chi connectivity index (χ0) is 37.1. The smallest absolute Gasteiger partial charge is 0.419 e. The number of carbonyl (C=O) groups is 1. The van der Waals surface area contributed by atoms with E-state index in [9.17, 15) is 23.1 Å². The number of aromatic nitrogens is 2. The molecule has 0 saturated heterocycles. The van der Waals surface area contributed by atoms with E-state index < -0.39 is 11.7 Å². The van der Waals surface area contributed by atoms with E-state index in [1.54, 1.807) is 24.3 Å². The average molecular weight is 884 g/mol. The Balaban J connectivity index is 0.000000323. The van der Waals surface area contributed by atoms with E-state index in [1.807, 2.05) is 52.0 Å². The first-order chi connectivity index (χ1) is 24.2. The van der Waals surface area contributed by atoms with E-state index >= 15 is 0 Å². The predicted octanol–water partition coefficient (Wildman–Crippen LogP) is 12.7. The van der Waals surface area contributed by atoms with Crippen molar-refractivity contribution in [2.45, 2.75) is 85.7 Å². The van der Waals surface area contributed by atoms with Crippen LogP contribution in [0.4, 0.5) is 13.2 Å². The van der Waals surface area contributed by atoms with Gasteiger partial charge in [0.25, 0.3) is 0 Å². The van der Waals surface area contributed by atoms with Crippen molar-refractivity contribution in [2.24, 2.45) is 11.8 Å². The molecular weight excluding hydrogens is 838 g/mol. The van der Waals surface area contributed by atoms with Crippen LogP contribution >= 0.6 is 0 Å². The van der Waals surface area contributed by atoms with Gasteiger partial charge in [0.2, 0.25) is 0 Å². The van der Waals surface area contributed by atoms with Gasteiger partial charge in [-0.3, -0.25) is 9.78 Å². The second kappa shape index (κ2) is 16.7. The number of benzene rings is 5. The van der Waals surface area contributed by atoms with Crippen molar-refractivity contribution in [2.75, 3.05) is 0 Å². The minimum absolute atomic E-state index is 0. The topological polar surface area (TPSA) is 63.1 Å². The van der Waals surface area contributed by atoms with E-state index in [0.717, 1.165) is 52.8 Å². The van der Waals surface area contributed by atoms with Gasteiger partial charge < -0.3 is 5.11 Å².